The molecule has 1 atom stereocenters. The predicted molar refractivity (Wildman–Crippen MR) is 79.1 cm³/mol. The summed E-state index contributed by atoms with van der Waals surface area (Å²) in [6, 6.07) is 14.2. The fraction of sp³-hybridized carbons (Fsp3) is 0.235. The quantitative estimate of drug-likeness (QED) is 0.850. The van der Waals surface area contributed by atoms with E-state index >= 15 is 0 Å². The second kappa shape index (κ2) is 5.78. The standard InChI is InChI=1S/C17H17NO2/c1-13(7-8-14-5-3-2-4-6-14)15-9-10-16-17(18-15)20-12-11-19-16/h2-10,13H,11-12H2,1H3. The van der Waals surface area contributed by atoms with E-state index in [1.165, 1.54) is 5.56 Å². The lowest BCUT2D eigenvalue weighted by Crippen LogP contribution is -2.16. The van der Waals surface area contributed by atoms with E-state index in [0.29, 0.717) is 19.1 Å². The molecule has 3 nitrogen and oxygen atoms in total. The minimum atomic E-state index is 0.228. The number of allylic oxidation sites excluding steroid dienone is 1. The van der Waals surface area contributed by atoms with E-state index in [2.05, 4.69) is 36.2 Å². The van der Waals surface area contributed by atoms with Crippen LogP contribution in [0.1, 0.15) is 24.1 Å². The van der Waals surface area contributed by atoms with Crippen molar-refractivity contribution in [2.75, 3.05) is 13.2 Å². The zero-order valence-electron chi connectivity index (χ0n) is 11.5. The van der Waals surface area contributed by atoms with Crippen molar-refractivity contribution >= 4 is 6.08 Å². The number of benzene rings is 1. The maximum atomic E-state index is 5.52. The molecule has 1 aromatic carbocycles. The summed E-state index contributed by atoms with van der Waals surface area (Å²) in [6.45, 7) is 3.28. The van der Waals surface area contributed by atoms with Crippen LogP contribution in [0.3, 0.4) is 0 Å². The molecule has 1 unspecified atom stereocenters. The van der Waals surface area contributed by atoms with Crippen LogP contribution in [-0.2, 0) is 0 Å². The maximum Gasteiger partial charge on any atom is 0.257 e. The third-order valence-electron chi connectivity index (χ3n) is 3.27. The number of rotatable bonds is 3. The van der Waals surface area contributed by atoms with Gasteiger partial charge in [-0.05, 0) is 17.7 Å². The van der Waals surface area contributed by atoms with Crippen molar-refractivity contribution in [1.29, 1.82) is 0 Å². The Morgan fingerprint density at radius 2 is 1.85 bits per heavy atom. The van der Waals surface area contributed by atoms with Crippen LogP contribution < -0.4 is 9.47 Å². The highest BCUT2D eigenvalue weighted by Gasteiger charge is 2.14. The lowest BCUT2D eigenvalue weighted by molar-refractivity contribution is 0.164. The van der Waals surface area contributed by atoms with Gasteiger partial charge in [0.05, 0.1) is 5.69 Å². The number of hydrogen-bond acceptors (Lipinski definition) is 3. The average molecular weight is 267 g/mol. The molecule has 0 fully saturated rings. The van der Waals surface area contributed by atoms with Crippen molar-refractivity contribution in [3.05, 3.63) is 59.8 Å². The topological polar surface area (TPSA) is 31.4 Å². The molecule has 0 radical (unpaired) electrons. The molecule has 1 aliphatic heterocycles. The summed E-state index contributed by atoms with van der Waals surface area (Å²) in [5.74, 6) is 1.57. The molecule has 0 bridgehead atoms. The van der Waals surface area contributed by atoms with Crippen LogP contribution in [0.5, 0.6) is 11.6 Å². The molecule has 0 N–H and O–H groups in total. The summed E-state index contributed by atoms with van der Waals surface area (Å²) >= 11 is 0. The van der Waals surface area contributed by atoms with Crippen molar-refractivity contribution in [3.8, 4) is 11.6 Å². The van der Waals surface area contributed by atoms with Gasteiger partial charge in [-0.3, -0.25) is 0 Å². The smallest absolute Gasteiger partial charge is 0.257 e. The normalized spacial score (nSPS) is 15.2. The first-order valence-electron chi connectivity index (χ1n) is 6.83. The van der Waals surface area contributed by atoms with E-state index in [-0.39, 0.29) is 5.92 Å². The summed E-state index contributed by atoms with van der Waals surface area (Å²) in [7, 11) is 0. The van der Waals surface area contributed by atoms with Crippen LogP contribution in [0, 0.1) is 0 Å². The van der Waals surface area contributed by atoms with Gasteiger partial charge in [-0.25, -0.2) is 4.98 Å². The lowest BCUT2D eigenvalue weighted by atomic mass is 10.0. The summed E-state index contributed by atoms with van der Waals surface area (Å²) in [4.78, 5) is 4.53. The molecule has 2 heterocycles. The Hall–Kier alpha value is -2.29. The van der Waals surface area contributed by atoms with Crippen LogP contribution in [0.15, 0.2) is 48.5 Å². The molecule has 102 valence electrons. The molecule has 0 amide bonds. The number of fused-ring (bicyclic) bond motifs is 1. The van der Waals surface area contributed by atoms with Crippen molar-refractivity contribution < 1.29 is 9.47 Å². The molecule has 20 heavy (non-hydrogen) atoms. The van der Waals surface area contributed by atoms with Gasteiger partial charge >= 0.3 is 0 Å². The van der Waals surface area contributed by atoms with Crippen molar-refractivity contribution in [2.24, 2.45) is 0 Å². The second-order valence-electron chi connectivity index (χ2n) is 4.79. The Bertz CT molecular complexity index is 608. The molecule has 2 aromatic rings. The first kappa shape index (κ1) is 12.7. The molecule has 0 saturated carbocycles. The van der Waals surface area contributed by atoms with Crippen LogP contribution >= 0.6 is 0 Å². The van der Waals surface area contributed by atoms with Gasteiger partial charge in [0.2, 0.25) is 0 Å². The number of aromatic nitrogens is 1. The molecular weight excluding hydrogens is 250 g/mol. The first-order valence-corrected chi connectivity index (χ1v) is 6.83. The van der Waals surface area contributed by atoms with Gasteiger partial charge < -0.3 is 9.47 Å². The van der Waals surface area contributed by atoms with Gasteiger partial charge in [-0.2, -0.15) is 0 Å². The van der Waals surface area contributed by atoms with Crippen LogP contribution in [0.2, 0.25) is 0 Å². The molecular formula is C17H17NO2. The van der Waals surface area contributed by atoms with Gasteiger partial charge in [-0.1, -0.05) is 49.4 Å². The minimum Gasteiger partial charge on any atom is -0.484 e. The zero-order chi connectivity index (χ0) is 13.8. The predicted octanol–water partition coefficient (Wildman–Crippen LogP) is 3.67. The Morgan fingerprint density at radius 3 is 2.70 bits per heavy atom. The molecule has 1 aliphatic rings. The summed E-state index contributed by atoms with van der Waals surface area (Å²) in [5.41, 5.74) is 2.18. The first-order chi connectivity index (χ1) is 9.83. The fourth-order valence-electron chi connectivity index (χ4n) is 2.12. The average Bonchev–Trinajstić information content (AvgIpc) is 2.53. The van der Waals surface area contributed by atoms with Gasteiger partial charge in [0, 0.05) is 5.92 Å². The third-order valence-corrected chi connectivity index (χ3v) is 3.27. The van der Waals surface area contributed by atoms with Gasteiger partial charge in [0.1, 0.15) is 13.2 Å². The van der Waals surface area contributed by atoms with E-state index in [9.17, 15) is 0 Å². The van der Waals surface area contributed by atoms with E-state index < -0.39 is 0 Å². The van der Waals surface area contributed by atoms with Gasteiger partial charge in [0.15, 0.2) is 5.75 Å². The second-order valence-corrected chi connectivity index (χ2v) is 4.79. The monoisotopic (exact) mass is 267 g/mol. The highest BCUT2D eigenvalue weighted by atomic mass is 16.6. The molecule has 0 saturated heterocycles. The van der Waals surface area contributed by atoms with Gasteiger partial charge in [-0.15, -0.1) is 0 Å². The van der Waals surface area contributed by atoms with Crippen molar-refractivity contribution in [1.82, 2.24) is 4.98 Å². The highest BCUT2D eigenvalue weighted by Crippen LogP contribution is 2.30. The maximum absolute atomic E-state index is 5.52. The van der Waals surface area contributed by atoms with Crippen molar-refractivity contribution in [3.63, 3.8) is 0 Å². The highest BCUT2D eigenvalue weighted by molar-refractivity contribution is 5.50. The van der Waals surface area contributed by atoms with Gasteiger partial charge in [0.25, 0.3) is 5.88 Å². The van der Waals surface area contributed by atoms with E-state index in [1.54, 1.807) is 0 Å². The van der Waals surface area contributed by atoms with Crippen LogP contribution in [-0.4, -0.2) is 18.2 Å². The fourth-order valence-corrected chi connectivity index (χ4v) is 2.12. The van der Waals surface area contributed by atoms with E-state index in [0.717, 1.165) is 11.4 Å². The number of pyridine rings is 1. The third kappa shape index (κ3) is 2.82. The molecule has 0 aliphatic carbocycles. The molecule has 3 rings (SSSR count). The van der Waals surface area contributed by atoms with Crippen LogP contribution in [0.25, 0.3) is 6.08 Å². The largest absolute Gasteiger partial charge is 0.484 e. The van der Waals surface area contributed by atoms with Crippen molar-refractivity contribution in [2.45, 2.75) is 12.8 Å². The Balaban J connectivity index is 1.77. The van der Waals surface area contributed by atoms with Crippen LogP contribution in [0.4, 0.5) is 0 Å². The number of ether oxygens (including phenoxy) is 2. The Labute approximate surface area is 118 Å². The minimum absolute atomic E-state index is 0.228. The SMILES string of the molecule is CC(C=Cc1ccccc1)c1ccc2c(n1)OCCO2. The molecule has 1 aromatic heterocycles. The lowest BCUT2D eigenvalue weighted by Gasteiger charge is -2.18. The number of hydrogen-bond donors (Lipinski definition) is 0. The summed E-state index contributed by atoms with van der Waals surface area (Å²) in [6.07, 6.45) is 4.26. The zero-order valence-corrected chi connectivity index (χ0v) is 11.5. The Morgan fingerprint density at radius 1 is 1.05 bits per heavy atom. The number of nitrogens with zero attached hydrogens (tertiary/aromatic N) is 1. The Kier molecular flexibility index (Phi) is 3.68. The summed E-state index contributed by atoms with van der Waals surface area (Å²) < 4.78 is 11.0. The van der Waals surface area contributed by atoms with E-state index in [1.807, 2.05) is 30.3 Å². The van der Waals surface area contributed by atoms with E-state index in [4.69, 9.17) is 9.47 Å². The molecule has 0 spiro atoms. The molecule has 3 heteroatoms. The summed E-state index contributed by atoms with van der Waals surface area (Å²) in [5, 5.41) is 0.